The molecule has 0 unspecified atom stereocenters. The van der Waals surface area contributed by atoms with E-state index in [9.17, 15) is 14.9 Å². The lowest BCUT2D eigenvalue weighted by Gasteiger charge is -2.11. The lowest BCUT2D eigenvalue weighted by Crippen LogP contribution is -2.25. The Labute approximate surface area is 96.4 Å². The van der Waals surface area contributed by atoms with E-state index in [1.807, 2.05) is 0 Å². The molecule has 1 aliphatic heterocycles. The van der Waals surface area contributed by atoms with Gasteiger partial charge in [-0.25, -0.2) is 4.79 Å². The zero-order chi connectivity index (χ0) is 12.4. The molecule has 1 amide bonds. The van der Waals surface area contributed by atoms with Crippen molar-refractivity contribution in [3.63, 3.8) is 0 Å². The highest BCUT2D eigenvalue weighted by Crippen LogP contribution is 2.23. The van der Waals surface area contributed by atoms with Crippen LogP contribution in [0.1, 0.15) is 0 Å². The number of non-ortho nitro benzene ring substituents is 1. The van der Waals surface area contributed by atoms with E-state index in [0.29, 0.717) is 5.69 Å². The van der Waals surface area contributed by atoms with Crippen LogP contribution in [0.2, 0.25) is 0 Å². The number of aliphatic hydroxyl groups is 1. The molecule has 1 aliphatic rings. The Morgan fingerprint density at radius 1 is 1.47 bits per heavy atom. The van der Waals surface area contributed by atoms with Crippen LogP contribution in [-0.4, -0.2) is 35.4 Å². The number of ether oxygens (including phenoxy) is 1. The first-order valence-electron chi connectivity index (χ1n) is 4.95. The van der Waals surface area contributed by atoms with Crippen LogP contribution in [0.25, 0.3) is 0 Å². The smallest absolute Gasteiger partial charge is 0.414 e. The van der Waals surface area contributed by atoms with E-state index in [1.165, 1.54) is 29.2 Å². The number of amides is 1. The molecule has 17 heavy (non-hydrogen) atoms. The van der Waals surface area contributed by atoms with Crippen LogP contribution in [-0.2, 0) is 4.74 Å². The van der Waals surface area contributed by atoms with E-state index in [-0.39, 0.29) is 18.8 Å². The molecule has 7 nitrogen and oxygen atoms in total. The van der Waals surface area contributed by atoms with Crippen molar-refractivity contribution in [1.82, 2.24) is 0 Å². The molecule has 90 valence electrons. The van der Waals surface area contributed by atoms with Gasteiger partial charge in [-0.2, -0.15) is 0 Å². The second-order valence-corrected chi connectivity index (χ2v) is 3.57. The molecule has 0 aliphatic carbocycles. The fourth-order valence-corrected chi connectivity index (χ4v) is 1.58. The highest BCUT2D eigenvalue weighted by atomic mass is 16.6. The van der Waals surface area contributed by atoms with E-state index >= 15 is 0 Å². The van der Waals surface area contributed by atoms with Crippen LogP contribution < -0.4 is 4.90 Å². The second kappa shape index (κ2) is 4.38. The maximum atomic E-state index is 11.4. The Hall–Kier alpha value is -2.15. The maximum absolute atomic E-state index is 11.4. The summed E-state index contributed by atoms with van der Waals surface area (Å²) < 4.78 is 4.86. The average Bonchev–Trinajstić information content (AvgIpc) is 2.71. The van der Waals surface area contributed by atoms with Crippen molar-refractivity contribution in [3.8, 4) is 0 Å². The summed E-state index contributed by atoms with van der Waals surface area (Å²) >= 11 is 0. The number of nitrogens with zero attached hydrogens (tertiary/aromatic N) is 2. The molecule has 0 spiro atoms. The van der Waals surface area contributed by atoms with Gasteiger partial charge in [0, 0.05) is 17.8 Å². The Kier molecular flexibility index (Phi) is 2.92. The minimum atomic E-state index is -0.557. The van der Waals surface area contributed by atoms with Gasteiger partial charge in [0.2, 0.25) is 0 Å². The summed E-state index contributed by atoms with van der Waals surface area (Å²) in [6.45, 7) is 0.00235. The fourth-order valence-electron chi connectivity index (χ4n) is 1.58. The van der Waals surface area contributed by atoms with Crippen LogP contribution >= 0.6 is 0 Å². The summed E-state index contributed by atoms with van der Waals surface area (Å²) in [6.07, 6.45) is -1.10. The summed E-state index contributed by atoms with van der Waals surface area (Å²) in [5, 5.41) is 19.3. The van der Waals surface area contributed by atoms with Gasteiger partial charge in [0.1, 0.15) is 6.10 Å². The Morgan fingerprint density at radius 2 is 2.12 bits per heavy atom. The van der Waals surface area contributed by atoms with E-state index < -0.39 is 17.1 Å². The molecular weight excluding hydrogens is 228 g/mol. The van der Waals surface area contributed by atoms with Gasteiger partial charge in [-0.05, 0) is 12.1 Å². The van der Waals surface area contributed by atoms with Crippen LogP contribution in [0.5, 0.6) is 0 Å². The topological polar surface area (TPSA) is 92.9 Å². The minimum absolute atomic E-state index is 0.0416. The SMILES string of the molecule is O=C1O[C@@H](CO)CN1c1ccc([N+](=O)[O-])cc1. The predicted octanol–water partition coefficient (Wildman–Crippen LogP) is 0.912. The number of rotatable bonds is 3. The van der Waals surface area contributed by atoms with Gasteiger partial charge in [0.05, 0.1) is 18.1 Å². The average molecular weight is 238 g/mol. The van der Waals surface area contributed by atoms with Crippen molar-refractivity contribution < 1.29 is 19.6 Å². The molecule has 7 heteroatoms. The zero-order valence-corrected chi connectivity index (χ0v) is 8.78. The van der Waals surface area contributed by atoms with Gasteiger partial charge in [-0.15, -0.1) is 0 Å². The molecule has 1 saturated heterocycles. The van der Waals surface area contributed by atoms with Crippen molar-refractivity contribution in [2.45, 2.75) is 6.10 Å². The number of benzene rings is 1. The standard InChI is InChI=1S/C10H10N2O5/c13-6-9-5-11(10(14)17-9)7-1-3-8(4-2-7)12(15)16/h1-4,9,13H,5-6H2/t9-/m1/s1. The van der Waals surface area contributed by atoms with Crippen LogP contribution in [0, 0.1) is 10.1 Å². The molecule has 0 aromatic heterocycles. The van der Waals surface area contributed by atoms with Gasteiger partial charge in [0.25, 0.3) is 5.69 Å². The molecule has 1 atom stereocenters. The number of hydrogen-bond acceptors (Lipinski definition) is 5. The molecule has 2 rings (SSSR count). The zero-order valence-electron chi connectivity index (χ0n) is 8.78. The first-order chi connectivity index (χ1) is 8.11. The van der Waals surface area contributed by atoms with Gasteiger partial charge in [-0.3, -0.25) is 15.0 Å². The molecular formula is C10H10N2O5. The number of carbonyl (C=O) groups excluding carboxylic acids is 1. The Morgan fingerprint density at radius 3 is 2.59 bits per heavy atom. The highest BCUT2D eigenvalue weighted by Gasteiger charge is 2.31. The quantitative estimate of drug-likeness (QED) is 0.624. The highest BCUT2D eigenvalue weighted by molar-refractivity contribution is 5.89. The summed E-state index contributed by atoms with van der Waals surface area (Å²) in [5.74, 6) is 0. The normalized spacial score (nSPS) is 19.2. The number of nitro benzene ring substituents is 1. The number of anilines is 1. The third-order valence-electron chi connectivity index (χ3n) is 2.45. The Bertz CT molecular complexity index is 445. The van der Waals surface area contributed by atoms with Crippen molar-refractivity contribution in [3.05, 3.63) is 34.4 Å². The largest absolute Gasteiger partial charge is 0.441 e. The Balaban J connectivity index is 2.18. The minimum Gasteiger partial charge on any atom is -0.441 e. The van der Waals surface area contributed by atoms with Crippen LogP contribution in [0.15, 0.2) is 24.3 Å². The van der Waals surface area contributed by atoms with Gasteiger partial charge in [0.15, 0.2) is 0 Å². The predicted molar refractivity (Wildman–Crippen MR) is 57.8 cm³/mol. The monoisotopic (exact) mass is 238 g/mol. The third kappa shape index (κ3) is 2.18. The van der Waals surface area contributed by atoms with Gasteiger partial charge >= 0.3 is 6.09 Å². The molecule has 1 N–H and O–H groups in total. The van der Waals surface area contributed by atoms with Crippen LogP contribution in [0.3, 0.4) is 0 Å². The fraction of sp³-hybridized carbons (Fsp3) is 0.300. The number of cyclic esters (lactones) is 1. The first-order valence-corrected chi connectivity index (χ1v) is 4.95. The number of hydrogen-bond donors (Lipinski definition) is 1. The molecule has 1 aromatic rings. The lowest BCUT2D eigenvalue weighted by molar-refractivity contribution is -0.384. The van der Waals surface area contributed by atoms with Crippen molar-refractivity contribution in [2.24, 2.45) is 0 Å². The van der Waals surface area contributed by atoms with E-state index in [1.54, 1.807) is 0 Å². The molecule has 0 saturated carbocycles. The maximum Gasteiger partial charge on any atom is 0.414 e. The summed E-state index contributed by atoms with van der Waals surface area (Å²) in [7, 11) is 0. The summed E-state index contributed by atoms with van der Waals surface area (Å²) in [6, 6.07) is 5.57. The van der Waals surface area contributed by atoms with E-state index in [2.05, 4.69) is 0 Å². The third-order valence-corrected chi connectivity index (χ3v) is 2.45. The van der Waals surface area contributed by atoms with Crippen LogP contribution in [0.4, 0.5) is 16.2 Å². The molecule has 1 heterocycles. The van der Waals surface area contributed by atoms with E-state index in [4.69, 9.17) is 9.84 Å². The van der Waals surface area contributed by atoms with Crippen molar-refractivity contribution in [2.75, 3.05) is 18.1 Å². The first kappa shape index (κ1) is 11.3. The number of aliphatic hydroxyl groups excluding tert-OH is 1. The molecule has 0 bridgehead atoms. The summed E-state index contributed by atoms with van der Waals surface area (Å²) in [4.78, 5) is 22.7. The molecule has 1 aromatic carbocycles. The van der Waals surface area contributed by atoms with Gasteiger partial charge in [-0.1, -0.05) is 0 Å². The number of nitro groups is 1. The van der Waals surface area contributed by atoms with E-state index in [0.717, 1.165) is 0 Å². The number of carbonyl (C=O) groups is 1. The van der Waals surface area contributed by atoms with Crippen molar-refractivity contribution >= 4 is 17.5 Å². The second-order valence-electron chi connectivity index (χ2n) is 3.57. The van der Waals surface area contributed by atoms with Gasteiger partial charge < -0.3 is 9.84 Å². The van der Waals surface area contributed by atoms with Crippen molar-refractivity contribution in [1.29, 1.82) is 0 Å². The molecule has 1 fully saturated rings. The lowest BCUT2D eigenvalue weighted by atomic mass is 10.2. The summed E-state index contributed by atoms with van der Waals surface area (Å²) in [5.41, 5.74) is 0.469. The molecule has 0 radical (unpaired) electrons.